The number of fused-ring (bicyclic) bond motifs is 7. The fraction of sp³-hybridized carbons (Fsp3) is 0.0566. The zero-order valence-electron chi connectivity index (χ0n) is 31.1. The Morgan fingerprint density at radius 2 is 0.946 bits per heavy atom. The standard InChI is InChI=1S/C53H36N2O/c1-53(2)46-24-10-8-20-40(46)41-27-26-35(31-47(41)53)34-16-12-17-36(30-34)37-28-29-42(39-19-7-6-18-38(37)39)48-32-49(55-52(54-48)33-14-4-3-5-15-33)45-23-13-22-44-43-21-9-11-25-50(43)56-51(44)45/h3-32H,1-2H3. The minimum atomic E-state index is -0.0502. The van der Waals surface area contributed by atoms with E-state index in [0.29, 0.717) is 5.82 Å². The fourth-order valence-electron chi connectivity index (χ4n) is 8.91. The summed E-state index contributed by atoms with van der Waals surface area (Å²) in [7, 11) is 0. The maximum absolute atomic E-state index is 6.49. The first-order chi connectivity index (χ1) is 27.5. The van der Waals surface area contributed by atoms with Crippen molar-refractivity contribution in [3.05, 3.63) is 193 Å². The van der Waals surface area contributed by atoms with E-state index in [4.69, 9.17) is 14.4 Å². The van der Waals surface area contributed by atoms with Gasteiger partial charge in [-0.1, -0.05) is 166 Å². The summed E-state index contributed by atoms with van der Waals surface area (Å²) in [6.45, 7) is 4.68. The van der Waals surface area contributed by atoms with Crippen molar-refractivity contribution in [3.63, 3.8) is 0 Å². The van der Waals surface area contributed by atoms with Crippen LogP contribution in [0.25, 0.3) is 100.0 Å². The molecule has 3 heteroatoms. The van der Waals surface area contributed by atoms with Gasteiger partial charge < -0.3 is 4.42 Å². The normalized spacial score (nSPS) is 13.0. The molecule has 1 aliphatic rings. The van der Waals surface area contributed by atoms with Gasteiger partial charge in [0.25, 0.3) is 0 Å². The molecule has 0 bridgehead atoms. The lowest BCUT2D eigenvalue weighted by molar-refractivity contribution is 0.660. The predicted molar refractivity (Wildman–Crippen MR) is 232 cm³/mol. The smallest absolute Gasteiger partial charge is 0.160 e. The summed E-state index contributed by atoms with van der Waals surface area (Å²) in [5.41, 5.74) is 16.5. The highest BCUT2D eigenvalue weighted by molar-refractivity contribution is 6.10. The Labute approximate surface area is 325 Å². The number of hydrogen-bond acceptors (Lipinski definition) is 3. The van der Waals surface area contributed by atoms with Crippen LogP contribution in [-0.2, 0) is 5.41 Å². The van der Waals surface area contributed by atoms with Crippen LogP contribution in [0.3, 0.4) is 0 Å². The Morgan fingerprint density at radius 3 is 1.80 bits per heavy atom. The molecular formula is C53H36N2O. The summed E-state index contributed by atoms with van der Waals surface area (Å²) in [5.74, 6) is 0.674. The highest BCUT2D eigenvalue weighted by Gasteiger charge is 2.35. The summed E-state index contributed by atoms with van der Waals surface area (Å²) in [6.07, 6.45) is 0. The van der Waals surface area contributed by atoms with E-state index < -0.39 is 0 Å². The number of para-hydroxylation sites is 2. The summed E-state index contributed by atoms with van der Waals surface area (Å²) in [4.78, 5) is 10.4. The van der Waals surface area contributed by atoms with Crippen LogP contribution in [0.5, 0.6) is 0 Å². The Hall–Kier alpha value is -7.10. The molecule has 8 aromatic carbocycles. The van der Waals surface area contributed by atoms with E-state index in [9.17, 15) is 0 Å². The van der Waals surface area contributed by atoms with E-state index in [-0.39, 0.29) is 5.41 Å². The molecule has 11 rings (SSSR count). The van der Waals surface area contributed by atoms with Crippen LogP contribution in [0.2, 0.25) is 0 Å². The minimum Gasteiger partial charge on any atom is -0.455 e. The average Bonchev–Trinajstić information content (AvgIpc) is 3.75. The Bertz CT molecular complexity index is 3170. The van der Waals surface area contributed by atoms with Gasteiger partial charge in [0, 0.05) is 32.9 Å². The van der Waals surface area contributed by atoms with Crippen molar-refractivity contribution in [3.8, 4) is 67.3 Å². The van der Waals surface area contributed by atoms with Gasteiger partial charge in [-0.25, -0.2) is 9.97 Å². The molecule has 0 saturated carbocycles. The third kappa shape index (κ3) is 5.05. The van der Waals surface area contributed by atoms with E-state index in [2.05, 4.69) is 166 Å². The van der Waals surface area contributed by atoms with E-state index in [1.807, 2.05) is 30.3 Å². The topological polar surface area (TPSA) is 38.9 Å². The summed E-state index contributed by atoms with van der Waals surface area (Å²) in [6, 6.07) is 64.8. The molecule has 264 valence electrons. The summed E-state index contributed by atoms with van der Waals surface area (Å²) < 4.78 is 6.49. The molecule has 0 unspecified atom stereocenters. The molecule has 0 aliphatic heterocycles. The molecule has 0 spiro atoms. The lowest BCUT2D eigenvalue weighted by atomic mass is 9.81. The van der Waals surface area contributed by atoms with Crippen LogP contribution >= 0.6 is 0 Å². The van der Waals surface area contributed by atoms with Crippen LogP contribution in [0.4, 0.5) is 0 Å². The van der Waals surface area contributed by atoms with Gasteiger partial charge in [-0.15, -0.1) is 0 Å². The molecular weight excluding hydrogens is 681 g/mol. The second-order valence-electron chi connectivity index (χ2n) is 15.3. The Morgan fingerprint density at radius 1 is 0.375 bits per heavy atom. The molecule has 2 aromatic heterocycles. The molecule has 0 atom stereocenters. The molecule has 0 radical (unpaired) electrons. The molecule has 1 aliphatic carbocycles. The van der Waals surface area contributed by atoms with Gasteiger partial charge in [0.15, 0.2) is 5.82 Å². The van der Waals surface area contributed by atoms with Crippen molar-refractivity contribution in [1.82, 2.24) is 9.97 Å². The zero-order valence-corrected chi connectivity index (χ0v) is 31.1. The number of hydrogen-bond donors (Lipinski definition) is 0. The van der Waals surface area contributed by atoms with Gasteiger partial charge in [0.1, 0.15) is 11.2 Å². The van der Waals surface area contributed by atoms with Gasteiger partial charge in [-0.3, -0.25) is 0 Å². The predicted octanol–water partition coefficient (Wildman–Crippen LogP) is 14.2. The van der Waals surface area contributed by atoms with E-state index >= 15 is 0 Å². The highest BCUT2D eigenvalue weighted by atomic mass is 16.3. The van der Waals surface area contributed by atoms with Gasteiger partial charge >= 0.3 is 0 Å². The van der Waals surface area contributed by atoms with Gasteiger partial charge in [-0.2, -0.15) is 0 Å². The van der Waals surface area contributed by atoms with Crippen molar-refractivity contribution in [1.29, 1.82) is 0 Å². The first-order valence-corrected chi connectivity index (χ1v) is 19.2. The van der Waals surface area contributed by atoms with Gasteiger partial charge in [0.2, 0.25) is 0 Å². The van der Waals surface area contributed by atoms with Crippen LogP contribution in [0.15, 0.2) is 186 Å². The Kier molecular flexibility index (Phi) is 7.20. The van der Waals surface area contributed by atoms with Crippen LogP contribution in [-0.4, -0.2) is 9.97 Å². The monoisotopic (exact) mass is 716 g/mol. The van der Waals surface area contributed by atoms with Crippen LogP contribution in [0.1, 0.15) is 25.0 Å². The van der Waals surface area contributed by atoms with Crippen molar-refractivity contribution in [2.45, 2.75) is 19.3 Å². The molecule has 0 N–H and O–H groups in total. The van der Waals surface area contributed by atoms with Crippen LogP contribution in [0, 0.1) is 0 Å². The SMILES string of the molecule is CC1(C)c2ccccc2-c2ccc(-c3cccc(-c4ccc(-c5cc(-c6cccc7c6oc6ccccc67)nc(-c6ccccc6)n5)c5ccccc45)c3)cc21. The largest absolute Gasteiger partial charge is 0.455 e. The third-order valence-corrected chi connectivity index (χ3v) is 11.7. The molecule has 0 saturated heterocycles. The third-order valence-electron chi connectivity index (χ3n) is 11.7. The van der Waals surface area contributed by atoms with Crippen molar-refractivity contribution in [2.75, 3.05) is 0 Å². The maximum atomic E-state index is 6.49. The van der Waals surface area contributed by atoms with E-state index in [0.717, 1.165) is 55.4 Å². The first kappa shape index (κ1) is 32.3. The molecule has 2 heterocycles. The number of furan rings is 1. The number of nitrogens with zero attached hydrogens (tertiary/aromatic N) is 2. The Balaban J connectivity index is 1.05. The van der Waals surface area contributed by atoms with Crippen LogP contribution < -0.4 is 0 Å². The lowest BCUT2D eigenvalue weighted by Crippen LogP contribution is -2.14. The van der Waals surface area contributed by atoms with Crippen molar-refractivity contribution in [2.24, 2.45) is 0 Å². The first-order valence-electron chi connectivity index (χ1n) is 19.2. The minimum absolute atomic E-state index is 0.0502. The van der Waals surface area contributed by atoms with Crippen molar-refractivity contribution >= 4 is 32.7 Å². The van der Waals surface area contributed by atoms with Crippen molar-refractivity contribution < 1.29 is 4.42 Å². The number of rotatable bonds is 5. The van der Waals surface area contributed by atoms with Gasteiger partial charge in [0.05, 0.1) is 11.4 Å². The van der Waals surface area contributed by atoms with Gasteiger partial charge in [-0.05, 0) is 85.6 Å². The summed E-state index contributed by atoms with van der Waals surface area (Å²) in [5, 5.41) is 4.48. The average molecular weight is 717 g/mol. The highest BCUT2D eigenvalue weighted by Crippen LogP contribution is 2.50. The summed E-state index contributed by atoms with van der Waals surface area (Å²) >= 11 is 0. The number of aromatic nitrogens is 2. The van der Waals surface area contributed by atoms with E-state index in [1.54, 1.807) is 0 Å². The second-order valence-corrected chi connectivity index (χ2v) is 15.3. The molecule has 0 fully saturated rings. The molecule has 3 nitrogen and oxygen atoms in total. The maximum Gasteiger partial charge on any atom is 0.160 e. The fourth-order valence-corrected chi connectivity index (χ4v) is 8.91. The zero-order chi connectivity index (χ0) is 37.4. The molecule has 10 aromatic rings. The quantitative estimate of drug-likeness (QED) is 0.178. The van der Waals surface area contributed by atoms with E-state index in [1.165, 1.54) is 49.9 Å². The molecule has 56 heavy (non-hydrogen) atoms. The second kappa shape index (κ2) is 12.5. The number of benzene rings is 8. The lowest BCUT2D eigenvalue weighted by Gasteiger charge is -2.22. The molecule has 0 amide bonds.